The van der Waals surface area contributed by atoms with E-state index in [9.17, 15) is 23.1 Å². The summed E-state index contributed by atoms with van der Waals surface area (Å²) in [6, 6.07) is 6.75. The maximum Gasteiger partial charge on any atom is 0.423 e. The van der Waals surface area contributed by atoms with Gasteiger partial charge in [0.05, 0.1) is 5.69 Å². The van der Waals surface area contributed by atoms with Crippen molar-refractivity contribution in [1.29, 1.82) is 0 Å². The maximum atomic E-state index is 13.7. The number of nitrogens with two attached hydrogens (primary N) is 1. The quantitative estimate of drug-likeness (QED) is 0.405. The van der Waals surface area contributed by atoms with Gasteiger partial charge in [-0.3, -0.25) is 9.78 Å². The molecule has 2 atom stereocenters. The lowest BCUT2D eigenvalue weighted by Gasteiger charge is -2.30. The van der Waals surface area contributed by atoms with Gasteiger partial charge in [0, 0.05) is 16.8 Å². The van der Waals surface area contributed by atoms with Crippen LogP contribution in [0.25, 0.3) is 11.1 Å². The summed E-state index contributed by atoms with van der Waals surface area (Å²) in [6.07, 6.45) is -4.12. The van der Waals surface area contributed by atoms with E-state index in [1.165, 1.54) is 18.3 Å². The molecule has 0 aliphatic carbocycles. The second-order valence-corrected chi connectivity index (χ2v) is 8.51. The number of aliphatic carboxylic acids is 1. The molecule has 0 saturated carbocycles. The number of carboxylic acids is 1. The molecule has 0 bridgehead atoms. The smallest absolute Gasteiger partial charge is 0.423 e. The molecule has 0 aliphatic heterocycles. The summed E-state index contributed by atoms with van der Waals surface area (Å²) in [4.78, 5) is 14.6. The van der Waals surface area contributed by atoms with Crippen LogP contribution in [0.4, 0.5) is 13.2 Å². The first-order valence-electron chi connectivity index (χ1n) is 10.0. The molecular weight excluding hydrogens is 465 g/mol. The Morgan fingerprint density at radius 2 is 1.88 bits per heavy atom. The van der Waals surface area contributed by atoms with Crippen molar-refractivity contribution in [3.8, 4) is 11.1 Å². The Kier molecular flexibility index (Phi) is 11.0. The molecule has 4 N–H and O–H groups in total. The molecule has 2 unspecified atom stereocenters. The van der Waals surface area contributed by atoms with Crippen LogP contribution < -0.4 is 5.73 Å². The predicted octanol–water partition coefficient (Wildman–Crippen LogP) is 5.41. The van der Waals surface area contributed by atoms with Crippen LogP contribution in [-0.2, 0) is 10.4 Å². The number of aliphatic hydroxyl groups is 1. The van der Waals surface area contributed by atoms with Gasteiger partial charge < -0.3 is 15.9 Å². The van der Waals surface area contributed by atoms with Crippen molar-refractivity contribution in [2.24, 2.45) is 5.73 Å². The van der Waals surface area contributed by atoms with Crippen molar-refractivity contribution < 1.29 is 28.2 Å². The molecule has 0 aliphatic rings. The summed E-state index contributed by atoms with van der Waals surface area (Å²) in [5.41, 5.74) is 3.99. The molecule has 10 heteroatoms. The van der Waals surface area contributed by atoms with Crippen LogP contribution in [0.2, 0.25) is 5.02 Å². The fraction of sp³-hybridized carbons (Fsp3) is 0.455. The number of carboxylic acid groups (broad SMARTS) is 1. The normalized spacial score (nSPS) is 14.2. The highest BCUT2D eigenvalue weighted by Gasteiger charge is 2.55. The Balaban J connectivity index is 0.00000249. The molecule has 0 amide bonds. The molecule has 32 heavy (non-hydrogen) atoms. The van der Waals surface area contributed by atoms with E-state index in [-0.39, 0.29) is 17.9 Å². The topological polar surface area (TPSA) is 96.4 Å². The number of nitrogens with zero attached hydrogens (tertiary/aromatic N) is 1. The number of halogens is 4. The lowest BCUT2D eigenvalue weighted by Crippen LogP contribution is -2.43. The van der Waals surface area contributed by atoms with Gasteiger partial charge in [0.25, 0.3) is 0 Å². The molecule has 2 aromatic rings. The lowest BCUT2D eigenvalue weighted by atomic mass is 9.93. The number of aryl methyl sites for hydroxylation is 1. The van der Waals surface area contributed by atoms with Gasteiger partial charge in [0.15, 0.2) is 0 Å². The standard InChI is InChI=1S/C20H22ClF3N2O3S.C2H6/c1-12-10-14(21)3-4-15(12)13-2-5-17(26-11-13)19(29,20(22,23)24)7-9-30-8-6-16(25)18(27)28;1-2/h2-5,10-11,16,29H,6-9,25H2,1H3,(H,27,28);1-2H3. The average Bonchev–Trinajstić information content (AvgIpc) is 2.74. The van der Waals surface area contributed by atoms with Gasteiger partial charge in [0.1, 0.15) is 6.04 Å². The van der Waals surface area contributed by atoms with Gasteiger partial charge in [-0.15, -0.1) is 0 Å². The van der Waals surface area contributed by atoms with Crippen LogP contribution in [0.1, 0.15) is 37.9 Å². The van der Waals surface area contributed by atoms with Crippen LogP contribution >= 0.6 is 23.4 Å². The summed E-state index contributed by atoms with van der Waals surface area (Å²) >= 11 is 7.03. The largest absolute Gasteiger partial charge is 0.480 e. The molecule has 178 valence electrons. The number of thioether (sulfide) groups is 1. The summed E-state index contributed by atoms with van der Waals surface area (Å²) in [7, 11) is 0. The predicted molar refractivity (Wildman–Crippen MR) is 123 cm³/mol. The van der Waals surface area contributed by atoms with Crippen LogP contribution in [0.5, 0.6) is 0 Å². The minimum Gasteiger partial charge on any atom is -0.480 e. The molecule has 0 fully saturated rings. The molecule has 0 radical (unpaired) electrons. The minimum absolute atomic E-state index is 0.0396. The number of benzene rings is 1. The molecule has 1 aromatic carbocycles. The highest BCUT2D eigenvalue weighted by atomic mass is 35.5. The number of aromatic nitrogens is 1. The van der Waals surface area contributed by atoms with Gasteiger partial charge >= 0.3 is 12.1 Å². The molecule has 0 spiro atoms. The number of carbonyl (C=O) groups is 1. The number of rotatable bonds is 9. The van der Waals surface area contributed by atoms with Crippen LogP contribution in [-0.4, -0.2) is 44.9 Å². The minimum atomic E-state index is -4.92. The van der Waals surface area contributed by atoms with Crippen molar-refractivity contribution in [3.63, 3.8) is 0 Å². The van der Waals surface area contributed by atoms with Gasteiger partial charge in [-0.1, -0.05) is 37.6 Å². The molecule has 2 rings (SSSR count). The third-order valence-electron chi connectivity index (χ3n) is 4.65. The number of pyridine rings is 1. The van der Waals surface area contributed by atoms with Crippen LogP contribution in [0, 0.1) is 6.92 Å². The highest BCUT2D eigenvalue weighted by molar-refractivity contribution is 7.99. The van der Waals surface area contributed by atoms with E-state index in [4.69, 9.17) is 22.4 Å². The summed E-state index contributed by atoms with van der Waals surface area (Å²) in [5.74, 6) is -0.936. The second kappa shape index (κ2) is 12.4. The van der Waals surface area contributed by atoms with Crippen molar-refractivity contribution >= 4 is 29.3 Å². The van der Waals surface area contributed by atoms with Crippen LogP contribution in [0.15, 0.2) is 36.5 Å². The zero-order chi connectivity index (χ0) is 24.5. The van der Waals surface area contributed by atoms with E-state index in [1.54, 1.807) is 18.2 Å². The third kappa shape index (κ3) is 7.37. The molecule has 1 heterocycles. The number of hydrogen-bond donors (Lipinski definition) is 3. The van der Waals surface area contributed by atoms with Crippen molar-refractivity contribution in [1.82, 2.24) is 4.98 Å². The Morgan fingerprint density at radius 1 is 1.22 bits per heavy atom. The fourth-order valence-electron chi connectivity index (χ4n) is 2.82. The van der Waals surface area contributed by atoms with E-state index < -0.39 is 35.9 Å². The van der Waals surface area contributed by atoms with Crippen LogP contribution in [0.3, 0.4) is 0 Å². The second-order valence-electron chi connectivity index (χ2n) is 6.85. The van der Waals surface area contributed by atoms with E-state index >= 15 is 0 Å². The summed E-state index contributed by atoms with van der Waals surface area (Å²) in [5, 5.41) is 19.7. The molecule has 5 nitrogen and oxygen atoms in total. The number of hydrogen-bond acceptors (Lipinski definition) is 5. The molecule has 0 saturated heterocycles. The third-order valence-corrected chi connectivity index (χ3v) is 5.91. The SMILES string of the molecule is CC.Cc1cc(Cl)ccc1-c1ccc(C(O)(CCSCCC(N)C(=O)O)C(F)(F)F)nc1. The van der Waals surface area contributed by atoms with Crippen molar-refractivity contribution in [2.45, 2.75) is 51.4 Å². The van der Waals surface area contributed by atoms with E-state index in [0.29, 0.717) is 10.6 Å². The summed E-state index contributed by atoms with van der Waals surface area (Å²) in [6.45, 7) is 5.83. The highest BCUT2D eigenvalue weighted by Crippen LogP contribution is 2.42. The number of alkyl halides is 3. The molecular formula is C22H28ClF3N2O3S. The van der Waals surface area contributed by atoms with Crippen molar-refractivity contribution in [2.75, 3.05) is 11.5 Å². The zero-order valence-corrected chi connectivity index (χ0v) is 19.7. The first-order valence-corrected chi connectivity index (χ1v) is 11.6. The Hall–Kier alpha value is -1.81. The van der Waals surface area contributed by atoms with E-state index in [2.05, 4.69) is 4.98 Å². The lowest BCUT2D eigenvalue weighted by molar-refractivity contribution is -0.268. The zero-order valence-electron chi connectivity index (χ0n) is 18.1. The summed E-state index contributed by atoms with van der Waals surface area (Å²) < 4.78 is 41.0. The van der Waals surface area contributed by atoms with Gasteiger partial charge in [-0.2, -0.15) is 24.9 Å². The van der Waals surface area contributed by atoms with Crippen molar-refractivity contribution in [3.05, 3.63) is 52.8 Å². The first-order chi connectivity index (χ1) is 15.0. The Morgan fingerprint density at radius 3 is 2.38 bits per heavy atom. The first kappa shape index (κ1) is 28.2. The van der Waals surface area contributed by atoms with E-state index in [1.807, 2.05) is 20.8 Å². The fourth-order valence-corrected chi connectivity index (χ4v) is 4.11. The van der Waals surface area contributed by atoms with Gasteiger partial charge in [0.2, 0.25) is 5.60 Å². The Bertz CT molecular complexity index is 882. The van der Waals surface area contributed by atoms with Gasteiger partial charge in [-0.25, -0.2) is 0 Å². The Labute approximate surface area is 195 Å². The van der Waals surface area contributed by atoms with Gasteiger partial charge in [-0.05, 0) is 60.6 Å². The average molecular weight is 493 g/mol. The molecule has 1 aromatic heterocycles. The van der Waals surface area contributed by atoms with E-state index in [0.717, 1.165) is 22.9 Å². The maximum absolute atomic E-state index is 13.7. The monoisotopic (exact) mass is 492 g/mol.